The third kappa shape index (κ3) is 2.61. The average Bonchev–Trinajstić information content (AvgIpc) is 2.16. The normalized spacial score (nSPS) is 32.8. The SMILES string of the molecule is C=CCN1CC(C)CNCC1C. The molecule has 0 aromatic heterocycles. The molecule has 0 aromatic rings. The maximum Gasteiger partial charge on any atom is 0.0195 e. The van der Waals surface area contributed by atoms with E-state index < -0.39 is 0 Å². The predicted molar refractivity (Wildman–Crippen MR) is 53.3 cm³/mol. The summed E-state index contributed by atoms with van der Waals surface area (Å²) < 4.78 is 0. The summed E-state index contributed by atoms with van der Waals surface area (Å²) in [6.45, 7) is 12.8. The van der Waals surface area contributed by atoms with Crippen molar-refractivity contribution in [3.63, 3.8) is 0 Å². The molecular formula is C10H20N2. The van der Waals surface area contributed by atoms with Crippen LogP contribution in [0.3, 0.4) is 0 Å². The van der Waals surface area contributed by atoms with Gasteiger partial charge in [-0.3, -0.25) is 4.90 Å². The van der Waals surface area contributed by atoms with E-state index in [1.807, 2.05) is 6.08 Å². The maximum absolute atomic E-state index is 3.78. The molecule has 1 aliphatic rings. The van der Waals surface area contributed by atoms with Crippen molar-refractivity contribution in [2.24, 2.45) is 5.92 Å². The van der Waals surface area contributed by atoms with Crippen LogP contribution in [0.25, 0.3) is 0 Å². The van der Waals surface area contributed by atoms with Gasteiger partial charge in [0, 0.05) is 25.7 Å². The fourth-order valence-corrected chi connectivity index (χ4v) is 1.73. The first-order chi connectivity index (χ1) is 5.74. The lowest BCUT2D eigenvalue weighted by Gasteiger charge is -2.26. The van der Waals surface area contributed by atoms with Crippen LogP contribution in [0.15, 0.2) is 12.7 Å². The highest BCUT2D eigenvalue weighted by molar-refractivity contribution is 4.82. The van der Waals surface area contributed by atoms with Gasteiger partial charge in [0.2, 0.25) is 0 Å². The fourth-order valence-electron chi connectivity index (χ4n) is 1.73. The molecular weight excluding hydrogens is 148 g/mol. The Morgan fingerprint density at radius 2 is 2.25 bits per heavy atom. The van der Waals surface area contributed by atoms with Gasteiger partial charge in [0.1, 0.15) is 0 Å². The lowest BCUT2D eigenvalue weighted by Crippen LogP contribution is -2.37. The van der Waals surface area contributed by atoms with E-state index in [1.165, 1.54) is 6.54 Å². The molecule has 0 amide bonds. The third-order valence-corrected chi connectivity index (χ3v) is 2.47. The van der Waals surface area contributed by atoms with Gasteiger partial charge in [-0.1, -0.05) is 13.0 Å². The average molecular weight is 168 g/mol. The van der Waals surface area contributed by atoms with Gasteiger partial charge in [-0.25, -0.2) is 0 Å². The lowest BCUT2D eigenvalue weighted by atomic mass is 10.1. The zero-order valence-electron chi connectivity index (χ0n) is 8.21. The number of nitrogens with zero attached hydrogens (tertiary/aromatic N) is 1. The monoisotopic (exact) mass is 168 g/mol. The Hall–Kier alpha value is -0.340. The van der Waals surface area contributed by atoms with Gasteiger partial charge < -0.3 is 5.32 Å². The second kappa shape index (κ2) is 4.63. The minimum atomic E-state index is 0.646. The van der Waals surface area contributed by atoms with E-state index in [0.29, 0.717) is 6.04 Å². The third-order valence-electron chi connectivity index (χ3n) is 2.47. The second-order valence-corrected chi connectivity index (χ2v) is 3.86. The molecule has 0 aromatic carbocycles. The Balaban J connectivity index is 2.48. The summed E-state index contributed by atoms with van der Waals surface area (Å²) in [6.07, 6.45) is 1.99. The lowest BCUT2D eigenvalue weighted by molar-refractivity contribution is 0.227. The van der Waals surface area contributed by atoms with E-state index in [2.05, 4.69) is 30.6 Å². The molecule has 0 bridgehead atoms. The molecule has 2 atom stereocenters. The molecule has 1 saturated heterocycles. The zero-order chi connectivity index (χ0) is 8.97. The van der Waals surface area contributed by atoms with Crippen LogP contribution in [0.5, 0.6) is 0 Å². The van der Waals surface area contributed by atoms with E-state index in [-0.39, 0.29) is 0 Å². The van der Waals surface area contributed by atoms with Crippen LogP contribution in [0, 0.1) is 5.92 Å². The number of hydrogen-bond acceptors (Lipinski definition) is 2. The maximum atomic E-state index is 3.78. The molecule has 1 N–H and O–H groups in total. The molecule has 2 nitrogen and oxygen atoms in total. The van der Waals surface area contributed by atoms with Gasteiger partial charge in [-0.2, -0.15) is 0 Å². The van der Waals surface area contributed by atoms with Gasteiger partial charge in [-0.05, 0) is 19.4 Å². The summed E-state index contributed by atoms with van der Waals surface area (Å²) in [4.78, 5) is 2.48. The predicted octanol–water partition coefficient (Wildman–Crippen LogP) is 1.10. The molecule has 1 aliphatic heterocycles. The van der Waals surface area contributed by atoms with E-state index in [9.17, 15) is 0 Å². The Labute approximate surface area is 75.6 Å². The summed E-state index contributed by atoms with van der Waals surface area (Å²) >= 11 is 0. The fraction of sp³-hybridized carbons (Fsp3) is 0.800. The highest BCUT2D eigenvalue weighted by atomic mass is 15.2. The summed E-state index contributed by atoms with van der Waals surface area (Å²) in [6, 6.07) is 0.646. The van der Waals surface area contributed by atoms with E-state index in [1.54, 1.807) is 0 Å². The van der Waals surface area contributed by atoms with Crippen LogP contribution in [0.4, 0.5) is 0 Å². The van der Waals surface area contributed by atoms with Gasteiger partial charge >= 0.3 is 0 Å². The van der Waals surface area contributed by atoms with Gasteiger partial charge in [0.05, 0.1) is 0 Å². The van der Waals surface area contributed by atoms with E-state index in [4.69, 9.17) is 0 Å². The van der Waals surface area contributed by atoms with Crippen LogP contribution in [0.2, 0.25) is 0 Å². The minimum absolute atomic E-state index is 0.646. The minimum Gasteiger partial charge on any atom is -0.315 e. The van der Waals surface area contributed by atoms with Crippen molar-refractivity contribution < 1.29 is 0 Å². The van der Waals surface area contributed by atoms with Crippen LogP contribution in [-0.2, 0) is 0 Å². The Morgan fingerprint density at radius 1 is 1.50 bits per heavy atom. The molecule has 12 heavy (non-hydrogen) atoms. The number of hydrogen-bond donors (Lipinski definition) is 1. The first-order valence-corrected chi connectivity index (χ1v) is 4.79. The first-order valence-electron chi connectivity index (χ1n) is 4.79. The molecule has 2 heteroatoms. The van der Waals surface area contributed by atoms with Crippen LogP contribution < -0.4 is 5.32 Å². The van der Waals surface area contributed by atoms with Crippen molar-refractivity contribution in [1.82, 2.24) is 10.2 Å². The molecule has 1 rings (SSSR count). The quantitative estimate of drug-likeness (QED) is 0.621. The Bertz CT molecular complexity index is 145. The van der Waals surface area contributed by atoms with Crippen molar-refractivity contribution in [3.8, 4) is 0 Å². The molecule has 1 fully saturated rings. The molecule has 0 aliphatic carbocycles. The van der Waals surface area contributed by atoms with Crippen molar-refractivity contribution >= 4 is 0 Å². The number of rotatable bonds is 2. The van der Waals surface area contributed by atoms with Crippen LogP contribution >= 0.6 is 0 Å². The van der Waals surface area contributed by atoms with Crippen molar-refractivity contribution in [2.45, 2.75) is 19.9 Å². The summed E-state index contributed by atoms with van der Waals surface area (Å²) in [5.41, 5.74) is 0. The van der Waals surface area contributed by atoms with Crippen molar-refractivity contribution in [3.05, 3.63) is 12.7 Å². The second-order valence-electron chi connectivity index (χ2n) is 3.86. The first kappa shape index (κ1) is 9.75. The highest BCUT2D eigenvalue weighted by Crippen LogP contribution is 2.07. The van der Waals surface area contributed by atoms with E-state index in [0.717, 1.165) is 25.6 Å². The van der Waals surface area contributed by atoms with Gasteiger partial charge in [0.25, 0.3) is 0 Å². The molecule has 0 radical (unpaired) electrons. The summed E-state index contributed by atoms with van der Waals surface area (Å²) in [7, 11) is 0. The molecule has 2 unspecified atom stereocenters. The van der Waals surface area contributed by atoms with Gasteiger partial charge in [0.15, 0.2) is 0 Å². The molecule has 0 spiro atoms. The Morgan fingerprint density at radius 3 is 2.92 bits per heavy atom. The van der Waals surface area contributed by atoms with Crippen molar-refractivity contribution in [2.75, 3.05) is 26.2 Å². The topological polar surface area (TPSA) is 15.3 Å². The summed E-state index contributed by atoms with van der Waals surface area (Å²) in [5.74, 6) is 0.759. The molecule has 0 saturated carbocycles. The van der Waals surface area contributed by atoms with Gasteiger partial charge in [-0.15, -0.1) is 6.58 Å². The van der Waals surface area contributed by atoms with E-state index >= 15 is 0 Å². The Kier molecular flexibility index (Phi) is 3.76. The summed E-state index contributed by atoms with van der Waals surface area (Å²) in [5, 5.41) is 3.46. The largest absolute Gasteiger partial charge is 0.315 e. The number of nitrogens with one attached hydrogen (secondary N) is 1. The zero-order valence-corrected chi connectivity index (χ0v) is 8.21. The van der Waals surface area contributed by atoms with Crippen molar-refractivity contribution in [1.29, 1.82) is 0 Å². The highest BCUT2D eigenvalue weighted by Gasteiger charge is 2.18. The van der Waals surface area contributed by atoms with Crippen LogP contribution in [0.1, 0.15) is 13.8 Å². The smallest absolute Gasteiger partial charge is 0.0195 e. The standard InChI is InChI=1S/C10H20N2/c1-4-5-12-8-9(2)6-11-7-10(12)3/h4,9-11H,1,5-8H2,2-3H3. The van der Waals surface area contributed by atoms with Crippen LogP contribution in [-0.4, -0.2) is 37.1 Å². The molecule has 70 valence electrons. The molecule has 1 heterocycles.